The molecule has 79 heavy (non-hydrogen) atoms. The molecular weight excluding hydrogens is 1050 g/mol. The molecule has 4 aliphatic heterocycles. The van der Waals surface area contributed by atoms with E-state index in [2.05, 4.69) is 37.2 Å². The number of hydrogen-bond donors (Lipinski definition) is 2. The van der Waals surface area contributed by atoms with Crippen LogP contribution in [-0.2, 0) is 25.4 Å². The predicted molar refractivity (Wildman–Crippen MR) is 293 cm³/mol. The Kier molecular flexibility index (Phi) is 15.8. The van der Waals surface area contributed by atoms with Gasteiger partial charge < -0.3 is 34.5 Å². The average molecular weight is 1120 g/mol. The van der Waals surface area contributed by atoms with Gasteiger partial charge in [0.15, 0.2) is 10.8 Å². The number of alkyl halides is 3. The molecule has 4 atom stereocenters. The van der Waals surface area contributed by atoms with Gasteiger partial charge in [-0.25, -0.2) is 9.97 Å². The fraction of sp³-hybridized carbons (Fsp3) is 0.466. The Hall–Kier alpha value is -7.04. The average Bonchev–Trinajstić information content (AvgIpc) is 4.07. The maximum Gasteiger partial charge on any atom is 0.419 e. The number of halogens is 3. The second-order valence-electron chi connectivity index (χ2n) is 21.7. The summed E-state index contributed by atoms with van der Waals surface area (Å²) in [4.78, 5) is 74.6. The van der Waals surface area contributed by atoms with E-state index in [4.69, 9.17) is 16.7 Å². The number of pyridine rings is 1. The minimum Gasteiger partial charge on any atom is -0.391 e. The Morgan fingerprint density at radius 1 is 0.975 bits per heavy atom. The van der Waals surface area contributed by atoms with E-state index in [1.807, 2.05) is 74.2 Å². The predicted octanol–water partition coefficient (Wildman–Crippen LogP) is 8.46. The van der Waals surface area contributed by atoms with Crippen LogP contribution in [0, 0.1) is 48.9 Å². The van der Waals surface area contributed by atoms with Crippen LogP contribution in [0.3, 0.4) is 0 Å². The Morgan fingerprint density at radius 2 is 1.68 bits per heavy atom. The van der Waals surface area contributed by atoms with Gasteiger partial charge in [0.2, 0.25) is 17.7 Å². The molecule has 21 heteroatoms. The van der Waals surface area contributed by atoms with Gasteiger partial charge in [-0.15, -0.1) is 11.3 Å². The second kappa shape index (κ2) is 22.6. The highest BCUT2D eigenvalue weighted by atomic mass is 32.1. The third kappa shape index (κ3) is 11.2. The Morgan fingerprint density at radius 3 is 2.28 bits per heavy atom. The van der Waals surface area contributed by atoms with E-state index in [1.54, 1.807) is 23.4 Å². The van der Waals surface area contributed by atoms with Gasteiger partial charge in [0.1, 0.15) is 29.3 Å². The molecule has 1 spiro atoms. The number of nitrogens with zero attached hydrogens (tertiary/aromatic N) is 9. The minimum absolute atomic E-state index is 0.00871. The molecular formula is C58H61F3N10O6S2. The lowest BCUT2D eigenvalue weighted by molar-refractivity contribution is -0.141. The summed E-state index contributed by atoms with van der Waals surface area (Å²) in [5, 5.41) is 27.3. The molecule has 4 amide bonds. The highest BCUT2D eigenvalue weighted by Crippen LogP contribution is 2.48. The summed E-state index contributed by atoms with van der Waals surface area (Å²) in [5.74, 6) is 5.21. The molecule has 3 aromatic heterocycles. The number of carbonyl (C=O) groups is 4. The first-order chi connectivity index (χ1) is 37.8. The van der Waals surface area contributed by atoms with Crippen molar-refractivity contribution in [1.29, 1.82) is 5.26 Å². The van der Waals surface area contributed by atoms with Crippen LogP contribution in [0.1, 0.15) is 123 Å². The molecule has 0 radical (unpaired) electrons. The van der Waals surface area contributed by atoms with E-state index >= 15 is 0 Å². The van der Waals surface area contributed by atoms with Gasteiger partial charge in [0, 0.05) is 55.3 Å². The van der Waals surface area contributed by atoms with Crippen molar-refractivity contribution in [3.05, 3.63) is 112 Å². The standard InChI is InChI=1S/C58H61F3N10O6S2/c1-34(2)51(49-26-35(3)66-77-49)54(75)69-32-44(72)28-48(69)53(74)65-46(39-10-12-40(13-11-39)52-36(4)64-33-79-52)29-50(73)68-24-18-41(19-25-68)67-22-16-38(17-23-67)7-6-37-8-14-42(15-9-37)71-56(78)70(55(76)57(71)20-5-21-57)43-27-45(58(59,60)61)47(30-62)63-31-43/h8-15,26-27,31,33-34,38,41,44,46,48,51,72H,5,16-25,28-29,32H2,1-4H3,(H,65,74)/t44-,46+,48+,51-/m1/s1. The van der Waals surface area contributed by atoms with Crippen LogP contribution in [-0.4, -0.2) is 120 Å². The summed E-state index contributed by atoms with van der Waals surface area (Å²) in [6.45, 7) is 10.4. The van der Waals surface area contributed by atoms with Gasteiger partial charge >= 0.3 is 6.18 Å². The zero-order valence-electron chi connectivity index (χ0n) is 44.3. The second-order valence-corrected chi connectivity index (χ2v) is 22.9. The molecule has 7 heterocycles. The number of anilines is 2. The largest absolute Gasteiger partial charge is 0.419 e. The Labute approximate surface area is 465 Å². The Balaban J connectivity index is 0.749. The first-order valence-electron chi connectivity index (χ1n) is 26.9. The number of rotatable bonds is 12. The lowest BCUT2D eigenvalue weighted by Crippen LogP contribution is -2.55. The quantitative estimate of drug-likeness (QED) is 0.0894. The number of aryl methyl sites for hydroxylation is 2. The molecule has 10 rings (SSSR count). The summed E-state index contributed by atoms with van der Waals surface area (Å²) >= 11 is 7.32. The number of thiazole rings is 1. The number of nitriles is 1. The summed E-state index contributed by atoms with van der Waals surface area (Å²) in [6, 6.07) is 17.8. The molecule has 2 aromatic carbocycles. The number of amides is 4. The summed E-state index contributed by atoms with van der Waals surface area (Å²) in [7, 11) is 0. The summed E-state index contributed by atoms with van der Waals surface area (Å²) in [5.41, 5.74) is 3.28. The van der Waals surface area contributed by atoms with Gasteiger partial charge in [0.25, 0.3) is 5.91 Å². The lowest BCUT2D eigenvalue weighted by Gasteiger charge is -2.43. The van der Waals surface area contributed by atoms with Gasteiger partial charge in [-0.2, -0.15) is 18.4 Å². The zero-order valence-corrected chi connectivity index (χ0v) is 46.0. The number of hydrogen-bond acceptors (Lipinski definition) is 13. The fourth-order valence-corrected chi connectivity index (χ4v) is 13.2. The van der Waals surface area contributed by atoms with Crippen LogP contribution < -0.4 is 15.1 Å². The van der Waals surface area contributed by atoms with Crippen molar-refractivity contribution < 1.29 is 42.0 Å². The van der Waals surface area contributed by atoms with Crippen molar-refractivity contribution in [3.8, 4) is 28.4 Å². The third-order valence-electron chi connectivity index (χ3n) is 16.3. The van der Waals surface area contributed by atoms with Crippen LogP contribution in [0.4, 0.5) is 24.5 Å². The van der Waals surface area contributed by atoms with Crippen molar-refractivity contribution in [2.75, 3.05) is 42.5 Å². The summed E-state index contributed by atoms with van der Waals surface area (Å²) < 4.78 is 47.1. The molecule has 5 fully saturated rings. The zero-order chi connectivity index (χ0) is 55.9. The summed E-state index contributed by atoms with van der Waals surface area (Å²) in [6.07, 6.45) is 0.470. The van der Waals surface area contributed by atoms with Gasteiger partial charge in [0.05, 0.1) is 57.8 Å². The molecule has 16 nitrogen and oxygen atoms in total. The van der Waals surface area contributed by atoms with Crippen molar-refractivity contribution >= 4 is 63.7 Å². The van der Waals surface area contributed by atoms with Crippen molar-refractivity contribution in [2.24, 2.45) is 11.8 Å². The van der Waals surface area contributed by atoms with Crippen LogP contribution in [0.15, 0.2) is 76.9 Å². The number of carbonyl (C=O) groups excluding carboxylic acids is 4. The number of thiocarbonyl (C=S) groups is 1. The first-order valence-corrected chi connectivity index (χ1v) is 28.1. The van der Waals surface area contributed by atoms with Crippen molar-refractivity contribution in [1.82, 2.24) is 35.1 Å². The molecule has 5 aromatic rings. The highest BCUT2D eigenvalue weighted by molar-refractivity contribution is 7.81. The number of nitrogens with one attached hydrogen (secondary N) is 1. The molecule has 1 aliphatic carbocycles. The van der Waals surface area contributed by atoms with Crippen LogP contribution >= 0.6 is 23.6 Å². The van der Waals surface area contributed by atoms with Crippen molar-refractivity contribution in [3.63, 3.8) is 0 Å². The molecule has 4 saturated heterocycles. The monoisotopic (exact) mass is 1110 g/mol. The SMILES string of the molecule is Cc1cc([C@H](C(=O)N2C[C@H](O)C[C@H]2C(=O)N[C@@H](CC(=O)N2CCC(N3CCC(C#Cc4ccc(N5C(=S)N(c6cnc(C#N)c(C(F)(F)F)c6)C(=O)C56CCC6)cc4)CC3)CC2)c2ccc(-c3scnc3C)cc2)C(C)C)on1. The van der Waals surface area contributed by atoms with Crippen molar-refractivity contribution in [2.45, 2.75) is 127 Å². The number of aromatic nitrogens is 3. The van der Waals surface area contributed by atoms with Crippen LogP contribution in [0.25, 0.3) is 10.4 Å². The van der Waals surface area contributed by atoms with Gasteiger partial charge in [-0.1, -0.05) is 55.1 Å². The van der Waals surface area contributed by atoms with Gasteiger partial charge in [-0.05, 0) is 131 Å². The highest BCUT2D eigenvalue weighted by Gasteiger charge is 2.60. The number of piperidine rings is 2. The number of aliphatic hydroxyl groups excluding tert-OH is 1. The van der Waals surface area contributed by atoms with E-state index in [0.29, 0.717) is 49.1 Å². The number of aliphatic hydroxyl groups is 1. The lowest BCUT2D eigenvalue weighted by atomic mass is 9.75. The maximum atomic E-state index is 14.4. The molecule has 0 bridgehead atoms. The smallest absolute Gasteiger partial charge is 0.391 e. The van der Waals surface area contributed by atoms with E-state index in [-0.39, 0.29) is 53.8 Å². The number of likely N-dealkylation sites (tertiary alicyclic amines) is 3. The molecule has 0 unspecified atom stereocenters. The third-order valence-corrected chi connectivity index (χ3v) is 17.7. The van der Waals surface area contributed by atoms with E-state index in [9.17, 15) is 42.7 Å². The maximum absolute atomic E-state index is 14.4. The molecule has 1 saturated carbocycles. The minimum atomic E-state index is -4.85. The van der Waals surface area contributed by atoms with E-state index in [0.717, 1.165) is 89.6 Å². The first kappa shape index (κ1) is 55.3. The normalized spacial score (nSPS) is 20.8. The van der Waals surface area contributed by atoms with Crippen LogP contribution in [0.2, 0.25) is 0 Å². The van der Waals surface area contributed by atoms with E-state index in [1.165, 1.54) is 22.3 Å². The molecule has 5 aliphatic rings. The fourth-order valence-electron chi connectivity index (χ4n) is 11.9. The number of β-amino-alcohol motifs (C(OH)–C–C–N with tert-alkyl or cyclic N) is 1. The Bertz CT molecular complexity index is 3240. The van der Waals surface area contributed by atoms with Crippen LogP contribution in [0.5, 0.6) is 0 Å². The molecule has 2 N–H and O–H groups in total. The van der Waals surface area contributed by atoms with Gasteiger partial charge in [-0.3, -0.25) is 24.1 Å². The van der Waals surface area contributed by atoms with E-state index < -0.39 is 58.9 Å². The molecule has 412 valence electrons. The number of benzene rings is 2. The topological polar surface area (TPSA) is 192 Å².